The Labute approximate surface area is 301 Å². The summed E-state index contributed by atoms with van der Waals surface area (Å²) in [7, 11) is 0. The van der Waals surface area contributed by atoms with Crippen LogP contribution in [0, 0.1) is 0 Å². The Kier molecular flexibility index (Phi) is 10.4. The van der Waals surface area contributed by atoms with E-state index in [0.29, 0.717) is 22.4 Å². The van der Waals surface area contributed by atoms with Crippen LogP contribution in [0.3, 0.4) is 0 Å². The molecule has 1 fully saturated rings. The molecule has 0 N–H and O–H groups in total. The molecule has 0 spiro atoms. The van der Waals surface area contributed by atoms with Crippen LogP contribution in [-0.2, 0) is 14.2 Å². The quantitative estimate of drug-likeness (QED) is 0.105. The Balaban J connectivity index is 1.05. The third-order valence-electron chi connectivity index (χ3n) is 8.77. The van der Waals surface area contributed by atoms with Gasteiger partial charge in [0.1, 0.15) is 12.7 Å². The first-order valence-corrected chi connectivity index (χ1v) is 17.7. The van der Waals surface area contributed by atoms with Crippen LogP contribution in [-0.4, -0.2) is 47.7 Å². The summed E-state index contributed by atoms with van der Waals surface area (Å²) in [5, 5.41) is -0.455. The van der Waals surface area contributed by atoms with Gasteiger partial charge in [0.25, 0.3) is 0 Å². The van der Waals surface area contributed by atoms with E-state index in [2.05, 4.69) is 0 Å². The molecular weight excluding hydrogens is 657 g/mol. The highest BCUT2D eigenvalue weighted by Crippen LogP contribution is 2.34. The molecular formula is C44H34O6S. The Hall–Kier alpha value is -5.92. The van der Waals surface area contributed by atoms with Crippen LogP contribution in [0.25, 0.3) is 33.4 Å². The third-order valence-corrected chi connectivity index (χ3v) is 10.1. The maximum atomic E-state index is 13.5. The second-order valence-electron chi connectivity index (χ2n) is 12.1. The van der Waals surface area contributed by atoms with Gasteiger partial charge in [-0.25, -0.2) is 14.4 Å². The number of ether oxygens (including phenoxy) is 3. The molecule has 7 rings (SSSR count). The third kappa shape index (κ3) is 8.11. The molecule has 6 nitrogen and oxygen atoms in total. The van der Waals surface area contributed by atoms with Crippen LogP contribution < -0.4 is 0 Å². The van der Waals surface area contributed by atoms with E-state index in [-0.39, 0.29) is 6.61 Å². The van der Waals surface area contributed by atoms with Gasteiger partial charge in [-0.05, 0) is 69.8 Å². The maximum absolute atomic E-state index is 13.5. The van der Waals surface area contributed by atoms with E-state index < -0.39 is 35.4 Å². The number of esters is 3. The SMILES string of the molecule is O=C(OC[C@@H]1SC[C@@H](OC(=O)c2ccc(-c3ccccc3)cc2)[C@H]1OC(=O)c1ccc(-c2ccccc2)cc1)c1ccc(-c2ccccc2)cc1. The van der Waals surface area contributed by atoms with Crippen molar-refractivity contribution in [1.29, 1.82) is 0 Å². The Morgan fingerprint density at radius 3 is 1.22 bits per heavy atom. The van der Waals surface area contributed by atoms with Gasteiger partial charge in [-0.3, -0.25) is 0 Å². The molecule has 1 heterocycles. The predicted molar refractivity (Wildman–Crippen MR) is 201 cm³/mol. The van der Waals surface area contributed by atoms with Gasteiger partial charge in [-0.2, -0.15) is 0 Å². The lowest BCUT2D eigenvalue weighted by Gasteiger charge is -2.24. The largest absolute Gasteiger partial charge is 0.461 e. The number of carbonyl (C=O) groups excluding carboxylic acids is 3. The van der Waals surface area contributed by atoms with Crippen LogP contribution in [0.5, 0.6) is 0 Å². The summed E-state index contributed by atoms with van der Waals surface area (Å²) >= 11 is 1.44. The minimum Gasteiger partial charge on any atom is -0.461 e. The molecule has 0 radical (unpaired) electrons. The molecule has 0 aromatic heterocycles. The zero-order valence-electron chi connectivity index (χ0n) is 27.6. The van der Waals surface area contributed by atoms with Crippen molar-refractivity contribution in [3.8, 4) is 33.4 Å². The molecule has 0 bridgehead atoms. The van der Waals surface area contributed by atoms with Gasteiger partial charge in [-0.15, -0.1) is 11.8 Å². The molecule has 1 aliphatic rings. The molecule has 7 heteroatoms. The highest BCUT2D eigenvalue weighted by atomic mass is 32.2. The van der Waals surface area contributed by atoms with Crippen LogP contribution in [0.1, 0.15) is 31.1 Å². The van der Waals surface area contributed by atoms with Gasteiger partial charge in [0.15, 0.2) is 6.10 Å². The fourth-order valence-electron chi connectivity index (χ4n) is 5.97. The fraction of sp³-hybridized carbons (Fsp3) is 0.114. The average molecular weight is 691 g/mol. The zero-order chi connectivity index (χ0) is 35.0. The summed E-state index contributed by atoms with van der Waals surface area (Å²) in [5.74, 6) is -1.20. The van der Waals surface area contributed by atoms with Crippen molar-refractivity contribution in [3.63, 3.8) is 0 Å². The Bertz CT molecular complexity index is 2080. The number of hydrogen-bond acceptors (Lipinski definition) is 7. The van der Waals surface area contributed by atoms with E-state index >= 15 is 0 Å². The molecule has 6 aromatic rings. The Morgan fingerprint density at radius 1 is 0.451 bits per heavy atom. The van der Waals surface area contributed by atoms with Crippen LogP contribution in [0.15, 0.2) is 164 Å². The summed E-state index contributed by atoms with van der Waals surface area (Å²) < 4.78 is 17.8. The molecule has 0 saturated carbocycles. The summed E-state index contributed by atoms with van der Waals surface area (Å²) in [6, 6.07) is 51.3. The van der Waals surface area contributed by atoms with Crippen molar-refractivity contribution >= 4 is 29.7 Å². The van der Waals surface area contributed by atoms with Gasteiger partial charge >= 0.3 is 17.9 Å². The minimum atomic E-state index is -0.850. The van der Waals surface area contributed by atoms with Crippen LogP contribution in [0.2, 0.25) is 0 Å². The van der Waals surface area contributed by atoms with E-state index in [9.17, 15) is 14.4 Å². The lowest BCUT2D eigenvalue weighted by Crippen LogP contribution is -2.39. The predicted octanol–water partition coefficient (Wildman–Crippen LogP) is 9.41. The molecule has 0 aliphatic carbocycles. The number of carbonyl (C=O) groups is 3. The molecule has 3 atom stereocenters. The molecule has 0 amide bonds. The monoisotopic (exact) mass is 690 g/mol. The molecule has 252 valence electrons. The van der Waals surface area contributed by atoms with Crippen molar-refractivity contribution in [2.24, 2.45) is 0 Å². The molecule has 0 unspecified atom stereocenters. The van der Waals surface area contributed by atoms with Gasteiger partial charge in [-0.1, -0.05) is 127 Å². The van der Waals surface area contributed by atoms with Gasteiger partial charge in [0.05, 0.1) is 21.9 Å². The summed E-state index contributed by atoms with van der Waals surface area (Å²) in [4.78, 5) is 39.9. The first kappa shape index (κ1) is 33.6. The molecule has 1 aliphatic heterocycles. The number of hydrogen-bond donors (Lipinski definition) is 0. The average Bonchev–Trinajstić information content (AvgIpc) is 3.57. The van der Waals surface area contributed by atoms with Crippen molar-refractivity contribution in [2.45, 2.75) is 17.5 Å². The second-order valence-corrected chi connectivity index (χ2v) is 13.4. The fourth-order valence-corrected chi connectivity index (χ4v) is 7.25. The van der Waals surface area contributed by atoms with E-state index in [4.69, 9.17) is 14.2 Å². The zero-order valence-corrected chi connectivity index (χ0v) is 28.4. The summed E-state index contributed by atoms with van der Waals surface area (Å²) in [5.41, 5.74) is 7.21. The van der Waals surface area contributed by atoms with Crippen molar-refractivity contribution in [2.75, 3.05) is 12.4 Å². The van der Waals surface area contributed by atoms with E-state index in [0.717, 1.165) is 33.4 Å². The van der Waals surface area contributed by atoms with Crippen molar-refractivity contribution in [1.82, 2.24) is 0 Å². The highest BCUT2D eigenvalue weighted by molar-refractivity contribution is 8.00. The lowest BCUT2D eigenvalue weighted by atomic mass is 10.0. The van der Waals surface area contributed by atoms with Gasteiger partial charge < -0.3 is 14.2 Å². The Morgan fingerprint density at radius 2 is 0.804 bits per heavy atom. The summed E-state index contributed by atoms with van der Waals surface area (Å²) in [6.07, 6.45) is -1.60. The molecule has 1 saturated heterocycles. The number of thioether (sulfide) groups is 1. The lowest BCUT2D eigenvalue weighted by molar-refractivity contribution is -0.0295. The van der Waals surface area contributed by atoms with Crippen molar-refractivity contribution in [3.05, 3.63) is 180 Å². The minimum absolute atomic E-state index is 0.0331. The van der Waals surface area contributed by atoms with E-state index in [1.54, 1.807) is 36.4 Å². The van der Waals surface area contributed by atoms with Crippen molar-refractivity contribution < 1.29 is 28.6 Å². The standard InChI is InChI=1S/C44H34O6S/c45-42(36-22-16-33(17-23-36)30-10-4-1-5-11-30)48-28-40-41(50-44(47)38-26-20-35(21-27-38)32-14-8-3-9-15-32)39(29-51-40)49-43(46)37-24-18-34(19-25-37)31-12-6-2-7-13-31/h1-27,39-41H,28-29H2/t39-,40+,41-/m1/s1. The first-order chi connectivity index (χ1) is 25.0. The molecule has 6 aromatic carbocycles. The molecule has 51 heavy (non-hydrogen) atoms. The van der Waals surface area contributed by atoms with Gasteiger partial charge in [0, 0.05) is 5.75 Å². The smallest absolute Gasteiger partial charge is 0.338 e. The summed E-state index contributed by atoms with van der Waals surface area (Å²) in [6.45, 7) is -0.0331. The van der Waals surface area contributed by atoms with Crippen LogP contribution in [0.4, 0.5) is 0 Å². The van der Waals surface area contributed by atoms with Crippen LogP contribution >= 0.6 is 11.8 Å². The topological polar surface area (TPSA) is 78.9 Å². The number of rotatable bonds is 10. The first-order valence-electron chi connectivity index (χ1n) is 16.7. The normalized spacial score (nSPS) is 16.6. The number of benzene rings is 6. The highest BCUT2D eigenvalue weighted by Gasteiger charge is 2.43. The maximum Gasteiger partial charge on any atom is 0.338 e. The second kappa shape index (κ2) is 15.7. The van der Waals surface area contributed by atoms with Gasteiger partial charge in [0.2, 0.25) is 0 Å². The van der Waals surface area contributed by atoms with E-state index in [1.165, 1.54) is 11.8 Å². The van der Waals surface area contributed by atoms with E-state index in [1.807, 2.05) is 127 Å².